The fraction of sp³-hybridized carbons (Fsp3) is 0.333. The summed E-state index contributed by atoms with van der Waals surface area (Å²) in [6, 6.07) is 8.12. The zero-order valence-electron chi connectivity index (χ0n) is 17.5. The number of hydrogen-bond donors (Lipinski definition) is 2. The molecule has 11 heteroatoms. The van der Waals surface area contributed by atoms with Crippen LogP contribution < -0.4 is 19.9 Å². The van der Waals surface area contributed by atoms with Crippen molar-refractivity contribution in [2.75, 3.05) is 26.8 Å². The molecule has 0 aliphatic carbocycles. The van der Waals surface area contributed by atoms with Crippen LogP contribution in [-0.4, -0.2) is 58.0 Å². The molecule has 1 saturated heterocycles. The minimum absolute atomic E-state index is 0.155. The number of hydrogen-bond acceptors (Lipinski definition) is 7. The first-order valence-electron chi connectivity index (χ1n) is 9.90. The second-order valence-corrected chi connectivity index (χ2v) is 10.0. The van der Waals surface area contributed by atoms with Crippen LogP contribution in [0.15, 0.2) is 46.0 Å². The molecule has 0 atom stereocenters. The van der Waals surface area contributed by atoms with Gasteiger partial charge in [0.25, 0.3) is 5.91 Å². The predicted molar refractivity (Wildman–Crippen MR) is 121 cm³/mol. The van der Waals surface area contributed by atoms with E-state index in [2.05, 4.69) is 4.72 Å². The van der Waals surface area contributed by atoms with Crippen LogP contribution in [0.5, 0.6) is 11.5 Å². The van der Waals surface area contributed by atoms with Crippen LogP contribution in [0.3, 0.4) is 0 Å². The molecule has 172 valence electrons. The molecule has 1 aliphatic rings. The number of benzene rings is 1. The molecule has 1 aromatic carbocycles. The first-order chi connectivity index (χ1) is 15.3. The zero-order chi connectivity index (χ0) is 23.1. The Kier molecular flexibility index (Phi) is 7.89. The maximum atomic E-state index is 12.5. The molecule has 32 heavy (non-hydrogen) atoms. The molecule has 0 radical (unpaired) electrons. The Balaban J connectivity index is 1.54. The van der Waals surface area contributed by atoms with Crippen molar-refractivity contribution in [3.8, 4) is 11.5 Å². The number of primary amides is 1. The van der Waals surface area contributed by atoms with Gasteiger partial charge in [-0.15, -0.1) is 11.3 Å². The number of rotatable bonds is 9. The standard InChI is InChI=1S/C21H25N3O6S2/c1-29-18-13-15(4-6-17(18)30-14-19(22)25)5-7-20(26)24-10-8-16(9-11-24)23-32(27,28)21-3-2-12-31-21/h2-7,12-13,16,23H,8-11,14H2,1H3,(H2,22,25)/b7-5+. The van der Waals surface area contributed by atoms with Gasteiger partial charge in [0.2, 0.25) is 15.9 Å². The van der Waals surface area contributed by atoms with Gasteiger partial charge in [-0.1, -0.05) is 12.1 Å². The summed E-state index contributed by atoms with van der Waals surface area (Å²) in [5.74, 6) is 0.0452. The first-order valence-corrected chi connectivity index (χ1v) is 12.3. The number of methoxy groups -OCH3 is 1. The third-order valence-electron chi connectivity index (χ3n) is 4.86. The van der Waals surface area contributed by atoms with Crippen molar-refractivity contribution in [1.29, 1.82) is 0 Å². The van der Waals surface area contributed by atoms with Gasteiger partial charge in [-0.25, -0.2) is 13.1 Å². The van der Waals surface area contributed by atoms with Crippen molar-refractivity contribution in [2.24, 2.45) is 5.73 Å². The van der Waals surface area contributed by atoms with Gasteiger partial charge in [0.15, 0.2) is 18.1 Å². The summed E-state index contributed by atoms with van der Waals surface area (Å²) in [4.78, 5) is 25.1. The van der Waals surface area contributed by atoms with Gasteiger partial charge in [0.05, 0.1) is 7.11 Å². The number of amides is 2. The van der Waals surface area contributed by atoms with Crippen LogP contribution in [0, 0.1) is 0 Å². The van der Waals surface area contributed by atoms with E-state index in [0.29, 0.717) is 41.6 Å². The summed E-state index contributed by atoms with van der Waals surface area (Å²) >= 11 is 1.17. The number of carbonyl (C=O) groups excluding carboxylic acids is 2. The topological polar surface area (TPSA) is 128 Å². The van der Waals surface area contributed by atoms with E-state index in [1.54, 1.807) is 46.7 Å². The minimum Gasteiger partial charge on any atom is -0.493 e. The van der Waals surface area contributed by atoms with Gasteiger partial charge < -0.3 is 20.1 Å². The summed E-state index contributed by atoms with van der Waals surface area (Å²) in [7, 11) is -2.04. The van der Waals surface area contributed by atoms with Gasteiger partial charge in [0, 0.05) is 25.2 Å². The van der Waals surface area contributed by atoms with Crippen molar-refractivity contribution < 1.29 is 27.5 Å². The number of likely N-dealkylation sites (tertiary alicyclic amines) is 1. The highest BCUT2D eigenvalue weighted by atomic mass is 32.2. The molecule has 0 spiro atoms. The van der Waals surface area contributed by atoms with Crippen LogP contribution in [0.2, 0.25) is 0 Å². The molecule has 0 bridgehead atoms. The molecule has 3 rings (SSSR count). The molecule has 0 unspecified atom stereocenters. The Morgan fingerprint density at radius 3 is 2.62 bits per heavy atom. The van der Waals surface area contributed by atoms with Crippen LogP contribution >= 0.6 is 11.3 Å². The lowest BCUT2D eigenvalue weighted by atomic mass is 10.1. The molecular formula is C21H25N3O6S2. The van der Waals surface area contributed by atoms with Crippen LogP contribution in [0.1, 0.15) is 18.4 Å². The van der Waals surface area contributed by atoms with Crippen molar-refractivity contribution in [3.05, 3.63) is 47.4 Å². The lowest BCUT2D eigenvalue weighted by molar-refractivity contribution is -0.127. The molecule has 1 fully saturated rings. The normalized spacial score (nSPS) is 15.1. The third kappa shape index (κ3) is 6.31. The maximum Gasteiger partial charge on any atom is 0.255 e. The Morgan fingerprint density at radius 1 is 1.25 bits per heavy atom. The van der Waals surface area contributed by atoms with Gasteiger partial charge in [-0.05, 0) is 48.1 Å². The van der Waals surface area contributed by atoms with Gasteiger partial charge >= 0.3 is 0 Å². The van der Waals surface area contributed by atoms with Crippen LogP contribution in [-0.2, 0) is 19.6 Å². The Labute approximate surface area is 190 Å². The number of sulfonamides is 1. The summed E-state index contributed by atoms with van der Waals surface area (Å²) in [6.07, 6.45) is 4.22. The summed E-state index contributed by atoms with van der Waals surface area (Å²) in [5.41, 5.74) is 5.81. The summed E-state index contributed by atoms with van der Waals surface area (Å²) in [5, 5.41) is 1.72. The quantitative estimate of drug-likeness (QED) is 0.526. The fourth-order valence-electron chi connectivity index (χ4n) is 3.24. The third-order valence-corrected chi connectivity index (χ3v) is 7.78. The molecule has 2 heterocycles. The van der Waals surface area contributed by atoms with E-state index < -0.39 is 15.9 Å². The zero-order valence-corrected chi connectivity index (χ0v) is 19.2. The lowest BCUT2D eigenvalue weighted by Gasteiger charge is -2.31. The summed E-state index contributed by atoms with van der Waals surface area (Å²) in [6.45, 7) is 0.664. The smallest absolute Gasteiger partial charge is 0.255 e. The highest BCUT2D eigenvalue weighted by Crippen LogP contribution is 2.28. The molecule has 0 saturated carbocycles. The molecule has 1 aliphatic heterocycles. The van der Waals surface area contributed by atoms with Crippen LogP contribution in [0.25, 0.3) is 6.08 Å². The number of nitrogens with two attached hydrogens (primary N) is 1. The van der Waals surface area contributed by atoms with E-state index in [-0.39, 0.29) is 18.6 Å². The SMILES string of the molecule is COc1cc(/C=C/C(=O)N2CCC(NS(=O)(=O)c3cccs3)CC2)ccc1OCC(N)=O. The molecule has 1 aromatic heterocycles. The van der Waals surface area contributed by atoms with Gasteiger partial charge in [-0.3, -0.25) is 9.59 Å². The van der Waals surface area contributed by atoms with E-state index in [9.17, 15) is 18.0 Å². The molecular weight excluding hydrogens is 454 g/mol. The second kappa shape index (κ2) is 10.6. The number of nitrogens with zero attached hydrogens (tertiary/aromatic N) is 1. The predicted octanol–water partition coefficient (Wildman–Crippen LogP) is 1.60. The second-order valence-electron chi connectivity index (χ2n) is 7.15. The first kappa shape index (κ1) is 23.8. The molecule has 9 nitrogen and oxygen atoms in total. The largest absolute Gasteiger partial charge is 0.493 e. The van der Waals surface area contributed by atoms with Crippen molar-refractivity contribution >= 4 is 39.3 Å². The minimum atomic E-state index is -3.52. The van der Waals surface area contributed by atoms with Gasteiger partial charge in [-0.2, -0.15) is 0 Å². The Hall–Kier alpha value is -2.89. The van der Waals surface area contributed by atoms with Gasteiger partial charge in [0.1, 0.15) is 4.21 Å². The van der Waals surface area contributed by atoms with E-state index in [4.69, 9.17) is 15.2 Å². The lowest BCUT2D eigenvalue weighted by Crippen LogP contribution is -2.46. The van der Waals surface area contributed by atoms with E-state index in [1.807, 2.05) is 0 Å². The monoisotopic (exact) mass is 479 g/mol. The van der Waals surface area contributed by atoms with Crippen molar-refractivity contribution in [1.82, 2.24) is 9.62 Å². The molecule has 2 aromatic rings. The molecule has 2 amide bonds. The Morgan fingerprint density at radius 2 is 2.00 bits per heavy atom. The molecule has 3 N–H and O–H groups in total. The number of thiophene rings is 1. The van der Waals surface area contributed by atoms with Crippen LogP contribution in [0.4, 0.5) is 0 Å². The van der Waals surface area contributed by atoms with E-state index in [0.717, 1.165) is 5.56 Å². The summed E-state index contributed by atoms with van der Waals surface area (Å²) < 4.78 is 38.3. The maximum absolute atomic E-state index is 12.5. The number of nitrogens with one attached hydrogen (secondary N) is 1. The Bertz CT molecular complexity index is 1070. The van der Waals surface area contributed by atoms with E-state index in [1.165, 1.54) is 24.5 Å². The van der Waals surface area contributed by atoms with Crippen molar-refractivity contribution in [3.63, 3.8) is 0 Å². The highest BCUT2D eigenvalue weighted by molar-refractivity contribution is 7.91. The number of piperidine rings is 1. The average molecular weight is 480 g/mol. The average Bonchev–Trinajstić information content (AvgIpc) is 3.32. The van der Waals surface area contributed by atoms with E-state index >= 15 is 0 Å². The fourth-order valence-corrected chi connectivity index (χ4v) is 5.56. The highest BCUT2D eigenvalue weighted by Gasteiger charge is 2.26. The number of ether oxygens (including phenoxy) is 2. The van der Waals surface area contributed by atoms with Crippen molar-refractivity contribution in [2.45, 2.75) is 23.1 Å². The number of carbonyl (C=O) groups is 2.